The van der Waals surface area contributed by atoms with Crippen LogP contribution in [0.5, 0.6) is 0 Å². The summed E-state index contributed by atoms with van der Waals surface area (Å²) < 4.78 is 9.41. The zero-order chi connectivity index (χ0) is 21.6. The van der Waals surface area contributed by atoms with Gasteiger partial charge in [-0.25, -0.2) is 9.59 Å². The van der Waals surface area contributed by atoms with E-state index in [2.05, 4.69) is 30.8 Å². The Morgan fingerprint density at radius 1 is 0.897 bits per heavy atom. The fraction of sp³-hybridized carbons (Fsp3) is 0.261. The first-order valence-corrected chi connectivity index (χ1v) is 9.06. The average molecular weight is 395 g/mol. The lowest BCUT2D eigenvalue weighted by Crippen LogP contribution is -2.14. The van der Waals surface area contributed by atoms with Crippen LogP contribution in [0.1, 0.15) is 52.6 Å². The van der Waals surface area contributed by atoms with Gasteiger partial charge in [-0.05, 0) is 40.8 Å². The number of nitrogens with one attached hydrogen (secondary N) is 1. The van der Waals surface area contributed by atoms with Gasteiger partial charge in [0, 0.05) is 6.08 Å². The van der Waals surface area contributed by atoms with Crippen LogP contribution in [0.2, 0.25) is 0 Å². The van der Waals surface area contributed by atoms with Crippen molar-refractivity contribution in [3.8, 4) is 0 Å². The number of anilines is 1. The quantitative estimate of drug-likeness (QED) is 0.606. The average Bonchev–Trinajstić information content (AvgIpc) is 2.70. The third-order valence-corrected chi connectivity index (χ3v) is 4.31. The first-order chi connectivity index (χ1) is 13.7. The van der Waals surface area contributed by atoms with E-state index in [1.807, 2.05) is 24.3 Å². The van der Waals surface area contributed by atoms with Crippen LogP contribution in [0.25, 0.3) is 6.08 Å². The molecular weight excluding hydrogens is 370 g/mol. The van der Waals surface area contributed by atoms with Crippen LogP contribution in [0.15, 0.2) is 48.5 Å². The van der Waals surface area contributed by atoms with E-state index in [-0.39, 0.29) is 22.2 Å². The zero-order valence-electron chi connectivity index (χ0n) is 17.2. The van der Waals surface area contributed by atoms with E-state index in [4.69, 9.17) is 4.74 Å². The molecule has 152 valence electrons. The Balaban J connectivity index is 2.21. The Hall–Kier alpha value is -3.41. The minimum absolute atomic E-state index is 0.0502. The Labute approximate surface area is 170 Å². The summed E-state index contributed by atoms with van der Waals surface area (Å²) in [5, 5.41) is 2.62. The van der Waals surface area contributed by atoms with Gasteiger partial charge in [0.15, 0.2) is 0 Å². The van der Waals surface area contributed by atoms with E-state index in [9.17, 15) is 14.4 Å². The molecule has 0 aromatic heterocycles. The molecule has 0 bridgehead atoms. The molecule has 2 rings (SSSR count). The summed E-state index contributed by atoms with van der Waals surface area (Å²) in [6, 6.07) is 12.1. The minimum Gasteiger partial charge on any atom is -0.465 e. The highest BCUT2D eigenvalue weighted by Gasteiger charge is 2.17. The number of hydrogen-bond acceptors (Lipinski definition) is 5. The fourth-order valence-electron chi connectivity index (χ4n) is 2.62. The topological polar surface area (TPSA) is 81.7 Å². The van der Waals surface area contributed by atoms with Crippen molar-refractivity contribution in [2.45, 2.75) is 26.2 Å². The van der Waals surface area contributed by atoms with E-state index in [0.717, 1.165) is 5.56 Å². The van der Waals surface area contributed by atoms with Crippen LogP contribution in [-0.2, 0) is 19.7 Å². The summed E-state index contributed by atoms with van der Waals surface area (Å²) in [5.74, 6) is -1.65. The third kappa shape index (κ3) is 5.78. The highest BCUT2D eigenvalue weighted by atomic mass is 16.5. The number of carbonyl (C=O) groups excluding carboxylic acids is 3. The van der Waals surface area contributed by atoms with Crippen LogP contribution in [0.4, 0.5) is 5.69 Å². The maximum absolute atomic E-state index is 12.4. The SMILES string of the molecule is COC(=O)c1ccc(C(=O)OC)c(NC(=O)C=Cc2ccc(C(C)(C)C)cc2)c1. The third-order valence-electron chi connectivity index (χ3n) is 4.31. The monoisotopic (exact) mass is 395 g/mol. The first-order valence-electron chi connectivity index (χ1n) is 9.06. The van der Waals surface area contributed by atoms with Crippen molar-refractivity contribution in [1.82, 2.24) is 0 Å². The smallest absolute Gasteiger partial charge is 0.339 e. The van der Waals surface area contributed by atoms with Gasteiger partial charge < -0.3 is 14.8 Å². The number of ether oxygens (including phenoxy) is 2. The Morgan fingerprint density at radius 3 is 2.07 bits per heavy atom. The summed E-state index contributed by atoms with van der Waals surface area (Å²) >= 11 is 0. The second kappa shape index (κ2) is 9.19. The second-order valence-electron chi connectivity index (χ2n) is 7.44. The fourth-order valence-corrected chi connectivity index (χ4v) is 2.62. The van der Waals surface area contributed by atoms with Gasteiger partial charge in [-0.15, -0.1) is 0 Å². The molecule has 0 saturated heterocycles. The number of amides is 1. The summed E-state index contributed by atoms with van der Waals surface area (Å²) in [6.45, 7) is 6.39. The van der Waals surface area contributed by atoms with Gasteiger partial charge in [0.1, 0.15) is 0 Å². The second-order valence-corrected chi connectivity index (χ2v) is 7.44. The van der Waals surface area contributed by atoms with Crippen LogP contribution in [0.3, 0.4) is 0 Å². The Kier molecular flexibility index (Phi) is 6.93. The van der Waals surface area contributed by atoms with Gasteiger partial charge in [0.05, 0.1) is 31.0 Å². The highest BCUT2D eigenvalue weighted by Crippen LogP contribution is 2.23. The Morgan fingerprint density at radius 2 is 1.52 bits per heavy atom. The van der Waals surface area contributed by atoms with Crippen LogP contribution < -0.4 is 5.32 Å². The molecule has 0 heterocycles. The zero-order valence-corrected chi connectivity index (χ0v) is 17.2. The predicted octanol–water partition coefficient (Wildman–Crippen LogP) is 4.21. The lowest BCUT2D eigenvalue weighted by molar-refractivity contribution is -0.111. The number of hydrogen-bond donors (Lipinski definition) is 1. The molecular formula is C23H25NO5. The van der Waals surface area contributed by atoms with Gasteiger partial charge in [0.2, 0.25) is 5.91 Å². The molecule has 1 amide bonds. The lowest BCUT2D eigenvalue weighted by atomic mass is 9.87. The first kappa shape index (κ1) is 21.9. The molecule has 2 aromatic rings. The molecule has 0 fully saturated rings. The van der Waals surface area contributed by atoms with Gasteiger partial charge >= 0.3 is 11.9 Å². The standard InChI is InChI=1S/C23H25NO5/c1-23(2,3)17-10-6-15(7-11-17)8-13-20(25)24-19-14-16(21(26)28-4)9-12-18(19)22(27)29-5/h6-14H,1-5H3,(H,24,25). The maximum atomic E-state index is 12.4. The van der Waals surface area contributed by atoms with Crippen molar-refractivity contribution in [3.63, 3.8) is 0 Å². The van der Waals surface area contributed by atoms with E-state index in [0.29, 0.717) is 0 Å². The van der Waals surface area contributed by atoms with Crippen molar-refractivity contribution in [3.05, 3.63) is 70.8 Å². The van der Waals surface area contributed by atoms with E-state index < -0.39 is 17.8 Å². The van der Waals surface area contributed by atoms with Crippen molar-refractivity contribution in [1.29, 1.82) is 0 Å². The Bertz CT molecular complexity index is 937. The van der Waals surface area contributed by atoms with Gasteiger partial charge in [-0.3, -0.25) is 4.79 Å². The summed E-state index contributed by atoms with van der Waals surface area (Å²) in [4.78, 5) is 36.1. The highest BCUT2D eigenvalue weighted by molar-refractivity contribution is 6.07. The molecule has 0 spiro atoms. The number of benzene rings is 2. The molecule has 0 aliphatic rings. The normalized spacial score (nSPS) is 11.2. The molecule has 6 heteroatoms. The van der Waals surface area contributed by atoms with Crippen LogP contribution in [0, 0.1) is 0 Å². The molecule has 2 aromatic carbocycles. The van der Waals surface area contributed by atoms with Crippen molar-refractivity contribution in [2.24, 2.45) is 0 Å². The van der Waals surface area contributed by atoms with E-state index in [1.54, 1.807) is 6.08 Å². The maximum Gasteiger partial charge on any atom is 0.339 e. The molecule has 0 unspecified atom stereocenters. The van der Waals surface area contributed by atoms with Crippen molar-refractivity contribution < 1.29 is 23.9 Å². The summed E-state index contributed by atoms with van der Waals surface area (Å²) in [6.07, 6.45) is 3.03. The number of esters is 2. The largest absolute Gasteiger partial charge is 0.465 e. The molecule has 29 heavy (non-hydrogen) atoms. The number of carbonyl (C=O) groups is 3. The minimum atomic E-state index is -0.626. The van der Waals surface area contributed by atoms with Crippen molar-refractivity contribution >= 4 is 29.6 Å². The van der Waals surface area contributed by atoms with Crippen molar-refractivity contribution in [2.75, 3.05) is 19.5 Å². The molecule has 0 aliphatic carbocycles. The number of rotatable bonds is 5. The van der Waals surface area contributed by atoms with E-state index in [1.165, 1.54) is 44.1 Å². The summed E-state index contributed by atoms with van der Waals surface area (Å²) in [5.41, 5.74) is 2.62. The number of methoxy groups -OCH3 is 2. The summed E-state index contributed by atoms with van der Waals surface area (Å²) in [7, 11) is 2.49. The molecule has 1 N–H and O–H groups in total. The predicted molar refractivity (Wildman–Crippen MR) is 112 cm³/mol. The van der Waals surface area contributed by atoms with Gasteiger partial charge in [-0.1, -0.05) is 45.0 Å². The molecule has 0 aliphatic heterocycles. The van der Waals surface area contributed by atoms with Gasteiger partial charge in [0.25, 0.3) is 0 Å². The van der Waals surface area contributed by atoms with Gasteiger partial charge in [-0.2, -0.15) is 0 Å². The lowest BCUT2D eigenvalue weighted by Gasteiger charge is -2.18. The van der Waals surface area contributed by atoms with Crippen LogP contribution >= 0.6 is 0 Å². The molecule has 0 saturated carbocycles. The molecule has 6 nitrogen and oxygen atoms in total. The molecule has 0 radical (unpaired) electrons. The van der Waals surface area contributed by atoms with E-state index >= 15 is 0 Å². The van der Waals surface area contributed by atoms with Crippen LogP contribution in [-0.4, -0.2) is 32.1 Å². The molecule has 0 atom stereocenters.